The van der Waals surface area contributed by atoms with Gasteiger partial charge in [-0.05, 0) is 71.3 Å². The Morgan fingerprint density at radius 2 is 2.16 bits per heavy atom. The topological polar surface area (TPSA) is 67.6 Å². The van der Waals surface area contributed by atoms with E-state index in [2.05, 4.69) is 40.9 Å². The van der Waals surface area contributed by atoms with Gasteiger partial charge in [-0.2, -0.15) is 5.10 Å². The third-order valence-corrected chi connectivity index (χ3v) is 6.09. The zero-order valence-corrected chi connectivity index (χ0v) is 23.8. The normalized spacial score (nSPS) is 19.5. The Morgan fingerprint density at radius 3 is 2.87 bits per heavy atom. The molecule has 0 radical (unpaired) electrons. The smallest absolute Gasteiger partial charge is 0.216 e. The molecule has 1 heterocycles. The van der Waals surface area contributed by atoms with Gasteiger partial charge in [0.15, 0.2) is 0 Å². The van der Waals surface area contributed by atoms with Crippen LogP contribution in [0.1, 0.15) is 48.0 Å². The van der Waals surface area contributed by atoms with Gasteiger partial charge in [0.2, 0.25) is 5.90 Å². The number of hydrazone groups is 1. The highest BCUT2D eigenvalue weighted by molar-refractivity contribution is 8.14. The van der Waals surface area contributed by atoms with E-state index in [1.165, 1.54) is 23.9 Å². The molecule has 1 N–H and O–H groups in total. The Morgan fingerprint density at radius 1 is 1.37 bits per heavy atom. The summed E-state index contributed by atoms with van der Waals surface area (Å²) in [4.78, 5) is 9.21. The van der Waals surface area contributed by atoms with E-state index in [9.17, 15) is 4.39 Å². The van der Waals surface area contributed by atoms with Crippen LogP contribution >= 0.6 is 11.8 Å². The van der Waals surface area contributed by atoms with E-state index < -0.39 is 0 Å². The molecule has 0 fully saturated rings. The standard InChI is InChI=1S/C30H37FN4O2S/c1-8-12-29(32-18-21(4)9-2)38-24(7)37-30(22(5)15-16-26(31)10-3)34-23(6)20-36-27-13-11-14-28-25(17-27)19-33-35-28/h10-11,13-19,23-24,28,35H,5,9,20H2,1-4,6-7H3/b16-15-,21-18-,26-10+,32-29+,34-30-. The number of rotatable bonds is 11. The molecule has 2 aliphatic rings. The average molecular weight is 537 g/mol. The molecule has 3 atom stereocenters. The molecule has 202 valence electrons. The Bertz CT molecular complexity index is 1190. The molecule has 2 rings (SSSR count). The van der Waals surface area contributed by atoms with Crippen molar-refractivity contribution in [1.29, 1.82) is 0 Å². The van der Waals surface area contributed by atoms with Crippen molar-refractivity contribution in [2.45, 2.75) is 65.5 Å². The lowest BCUT2D eigenvalue weighted by molar-refractivity contribution is 0.207. The van der Waals surface area contributed by atoms with E-state index in [0.717, 1.165) is 17.6 Å². The van der Waals surface area contributed by atoms with Crippen LogP contribution < -0.4 is 5.43 Å². The van der Waals surface area contributed by atoms with Crippen molar-refractivity contribution in [2.75, 3.05) is 6.61 Å². The van der Waals surface area contributed by atoms with Gasteiger partial charge in [0, 0.05) is 17.3 Å². The first-order valence-electron chi connectivity index (χ1n) is 12.5. The van der Waals surface area contributed by atoms with Crippen LogP contribution in [0.4, 0.5) is 4.39 Å². The second-order valence-electron chi connectivity index (χ2n) is 8.53. The van der Waals surface area contributed by atoms with Gasteiger partial charge in [0.1, 0.15) is 28.7 Å². The highest BCUT2D eigenvalue weighted by atomic mass is 32.2. The first-order valence-corrected chi connectivity index (χ1v) is 13.4. The molecule has 0 saturated carbocycles. The number of halogens is 1. The van der Waals surface area contributed by atoms with Crippen LogP contribution in [0.2, 0.25) is 0 Å². The molecule has 0 saturated heterocycles. The summed E-state index contributed by atoms with van der Waals surface area (Å²) in [5.74, 6) is 6.54. The van der Waals surface area contributed by atoms with Gasteiger partial charge in [0.05, 0.1) is 18.3 Å². The van der Waals surface area contributed by atoms with Gasteiger partial charge >= 0.3 is 0 Å². The third-order valence-electron chi connectivity index (χ3n) is 5.23. The summed E-state index contributed by atoms with van der Waals surface area (Å²) in [5, 5.41) is 4.73. The molecule has 3 unspecified atom stereocenters. The largest absolute Gasteiger partial charge is 0.491 e. The summed E-state index contributed by atoms with van der Waals surface area (Å²) in [7, 11) is 0. The minimum absolute atomic E-state index is 0.0571. The minimum atomic E-state index is -0.376. The second kappa shape index (κ2) is 16.3. The number of nitrogens with zero attached hydrogens (tertiary/aromatic N) is 3. The van der Waals surface area contributed by atoms with Gasteiger partial charge in [0.25, 0.3) is 0 Å². The van der Waals surface area contributed by atoms with Crippen molar-refractivity contribution >= 4 is 28.9 Å². The summed E-state index contributed by atoms with van der Waals surface area (Å²) in [6, 6.07) is -0.211. The highest BCUT2D eigenvalue weighted by Crippen LogP contribution is 2.19. The molecular weight excluding hydrogens is 499 g/mol. The zero-order valence-electron chi connectivity index (χ0n) is 23.0. The van der Waals surface area contributed by atoms with E-state index >= 15 is 0 Å². The fraction of sp³-hybridized carbons (Fsp3) is 0.367. The van der Waals surface area contributed by atoms with Crippen LogP contribution in [0.25, 0.3) is 0 Å². The highest BCUT2D eigenvalue weighted by Gasteiger charge is 2.17. The summed E-state index contributed by atoms with van der Waals surface area (Å²) in [6.45, 7) is 15.6. The summed E-state index contributed by atoms with van der Waals surface area (Å²) in [6.07, 6.45) is 16.6. The number of aliphatic imine (C=N–C) groups is 2. The minimum Gasteiger partial charge on any atom is -0.491 e. The fourth-order valence-corrected chi connectivity index (χ4v) is 3.71. The zero-order chi connectivity index (χ0) is 27.9. The van der Waals surface area contributed by atoms with Crippen LogP contribution in [0.5, 0.6) is 0 Å². The number of fused-ring (bicyclic) bond motifs is 1. The maximum Gasteiger partial charge on any atom is 0.216 e. The molecule has 0 spiro atoms. The van der Waals surface area contributed by atoms with Gasteiger partial charge in [-0.3, -0.25) is 5.43 Å². The number of hydrogen-bond acceptors (Lipinski definition) is 7. The lowest BCUT2D eigenvalue weighted by Gasteiger charge is -2.18. The van der Waals surface area contributed by atoms with E-state index in [1.54, 1.807) is 26.1 Å². The van der Waals surface area contributed by atoms with Crippen molar-refractivity contribution < 1.29 is 13.9 Å². The number of allylic oxidation sites excluding steroid dienone is 7. The van der Waals surface area contributed by atoms with Crippen molar-refractivity contribution in [3.63, 3.8) is 0 Å². The van der Waals surface area contributed by atoms with Crippen LogP contribution in [-0.4, -0.2) is 41.3 Å². The van der Waals surface area contributed by atoms with Crippen molar-refractivity contribution in [2.24, 2.45) is 15.1 Å². The molecule has 38 heavy (non-hydrogen) atoms. The maximum atomic E-state index is 13.7. The molecule has 1 aliphatic heterocycles. The van der Waals surface area contributed by atoms with E-state index in [1.807, 2.05) is 51.3 Å². The lowest BCUT2D eigenvalue weighted by Crippen LogP contribution is -2.19. The quantitative estimate of drug-likeness (QED) is 0.102. The van der Waals surface area contributed by atoms with E-state index in [0.29, 0.717) is 28.9 Å². The van der Waals surface area contributed by atoms with Crippen molar-refractivity contribution in [3.8, 4) is 11.8 Å². The predicted octanol–water partition coefficient (Wildman–Crippen LogP) is 6.94. The molecule has 6 nitrogen and oxygen atoms in total. The lowest BCUT2D eigenvalue weighted by atomic mass is 10.1. The van der Waals surface area contributed by atoms with Gasteiger partial charge < -0.3 is 9.47 Å². The Balaban J connectivity index is 2.17. The molecule has 0 aromatic rings. The molecule has 0 aromatic heterocycles. The first kappa shape index (κ1) is 30.7. The van der Waals surface area contributed by atoms with Crippen LogP contribution in [-0.2, 0) is 9.47 Å². The predicted molar refractivity (Wildman–Crippen MR) is 160 cm³/mol. The Labute approximate surface area is 230 Å². The van der Waals surface area contributed by atoms with Crippen molar-refractivity contribution in [3.05, 3.63) is 83.6 Å². The van der Waals surface area contributed by atoms with Gasteiger partial charge in [-0.1, -0.05) is 55.0 Å². The molecule has 1 aliphatic carbocycles. The number of nitrogens with one attached hydrogen (secondary N) is 1. The average Bonchev–Trinajstić information content (AvgIpc) is 3.25. The summed E-state index contributed by atoms with van der Waals surface area (Å²) in [5.41, 5.74) is 5.26. The fourth-order valence-electron chi connectivity index (χ4n) is 2.98. The SMILES string of the molecule is C=C(/C=C\C(F)=C/C)/C(=N/C(C)COC1=CC=CC2NN=CC2=C1)OC(C)S/C(C#CC)=N/C=C(/C)CC. The van der Waals surface area contributed by atoms with E-state index in [-0.39, 0.29) is 23.3 Å². The molecule has 0 aromatic carbocycles. The maximum absolute atomic E-state index is 13.7. The number of ether oxygens (including phenoxy) is 2. The third kappa shape index (κ3) is 10.8. The van der Waals surface area contributed by atoms with Crippen LogP contribution in [0.3, 0.4) is 0 Å². The Hall–Kier alpha value is -3.57. The monoisotopic (exact) mass is 536 g/mol. The van der Waals surface area contributed by atoms with E-state index in [4.69, 9.17) is 14.5 Å². The summed E-state index contributed by atoms with van der Waals surface area (Å²) < 4.78 is 25.9. The van der Waals surface area contributed by atoms with Crippen LogP contribution in [0.15, 0.2) is 98.7 Å². The first-order chi connectivity index (χ1) is 18.2. The summed E-state index contributed by atoms with van der Waals surface area (Å²) >= 11 is 1.37. The Kier molecular flexibility index (Phi) is 13.2. The molecular formula is C30H37FN4O2S. The molecule has 0 amide bonds. The van der Waals surface area contributed by atoms with Crippen molar-refractivity contribution in [1.82, 2.24) is 5.43 Å². The molecule has 0 bridgehead atoms. The van der Waals surface area contributed by atoms with Crippen LogP contribution in [0, 0.1) is 11.8 Å². The number of thioether (sulfide) groups is 1. The molecule has 8 heteroatoms. The number of hydrogen-bond donors (Lipinski definition) is 1. The van der Waals surface area contributed by atoms with Gasteiger partial charge in [-0.15, -0.1) is 0 Å². The second-order valence-corrected chi connectivity index (χ2v) is 9.82. The van der Waals surface area contributed by atoms with Gasteiger partial charge in [-0.25, -0.2) is 14.4 Å².